The summed E-state index contributed by atoms with van der Waals surface area (Å²) in [5, 5.41) is 0. The SMILES string of the molecule is C/C=C(\C)C(=O)OC(CCCCCCC)OP(=O)(OC(CCCCCCC)OC(=O)/C(C)=C/C)OC(CCCCCCC)OC(=O)/C(C)=C/C. The molecule has 0 saturated carbocycles. The third-order valence-electron chi connectivity index (χ3n) is 8.35. The van der Waals surface area contributed by atoms with Gasteiger partial charge in [0.1, 0.15) is 0 Å². The fourth-order valence-corrected chi connectivity index (χ4v) is 6.10. The molecule has 0 aliphatic carbocycles. The lowest BCUT2D eigenvalue weighted by Gasteiger charge is -2.29. The van der Waals surface area contributed by atoms with Gasteiger partial charge in [-0.25, -0.2) is 32.5 Å². The van der Waals surface area contributed by atoms with Gasteiger partial charge in [0, 0.05) is 36.0 Å². The molecule has 0 aromatic rings. The summed E-state index contributed by atoms with van der Waals surface area (Å²) in [6, 6.07) is 0. The number of ether oxygens (including phenoxy) is 3. The van der Waals surface area contributed by atoms with Gasteiger partial charge in [-0.05, 0) is 60.8 Å². The summed E-state index contributed by atoms with van der Waals surface area (Å²) in [7, 11) is -4.75. The van der Waals surface area contributed by atoms with Gasteiger partial charge in [0.05, 0.1) is 0 Å². The van der Waals surface area contributed by atoms with E-state index in [4.69, 9.17) is 27.8 Å². The number of esters is 3. The maximum Gasteiger partial charge on any atom is 0.484 e. The maximum absolute atomic E-state index is 14.8. The largest absolute Gasteiger partial charge is 0.484 e. The molecular weight excluding hydrogens is 659 g/mol. The minimum Gasteiger partial charge on any atom is -0.432 e. The van der Waals surface area contributed by atoms with E-state index in [1.54, 1.807) is 59.8 Å². The second kappa shape index (κ2) is 29.3. The predicted octanol–water partition coefficient (Wildman–Crippen LogP) is 11.7. The van der Waals surface area contributed by atoms with Crippen molar-refractivity contribution >= 4 is 25.7 Å². The van der Waals surface area contributed by atoms with Gasteiger partial charge in [-0.1, -0.05) is 116 Å². The minimum atomic E-state index is -4.75. The number of phosphoric ester groups is 1. The zero-order valence-corrected chi connectivity index (χ0v) is 33.6. The topological polar surface area (TPSA) is 124 Å². The van der Waals surface area contributed by atoms with Crippen molar-refractivity contribution in [1.82, 2.24) is 0 Å². The molecule has 0 spiro atoms. The van der Waals surface area contributed by atoms with Crippen LogP contribution in [0.25, 0.3) is 0 Å². The molecule has 11 heteroatoms. The molecule has 0 aliphatic heterocycles. The highest BCUT2D eigenvalue weighted by atomic mass is 31.2. The van der Waals surface area contributed by atoms with E-state index in [0.717, 1.165) is 77.0 Å². The van der Waals surface area contributed by atoms with Crippen molar-refractivity contribution in [3.8, 4) is 0 Å². The van der Waals surface area contributed by atoms with E-state index in [1.807, 2.05) is 0 Å². The number of phosphoric acid groups is 1. The van der Waals surface area contributed by atoms with Crippen LogP contribution in [0.5, 0.6) is 0 Å². The summed E-state index contributed by atoms with van der Waals surface area (Å²) in [6.07, 6.45) is 15.3. The molecule has 3 atom stereocenters. The molecule has 0 radical (unpaired) electrons. The zero-order valence-electron chi connectivity index (χ0n) is 32.7. The Morgan fingerprint density at radius 2 is 0.700 bits per heavy atom. The standard InChI is InChI=1S/C39H69O10P/c1-10-16-19-22-25-28-34(44-37(40)31(7)13-4)47-50(43,48-35(29-26-23-20-17-11-2)45-38(41)32(8)14-5)49-36(30-27-24-21-18-12-3)46-39(42)33(9)15-6/h13-15,34-36H,10-12,16-30H2,1-9H3/b31-13+,32-14+,33-15+. The maximum atomic E-state index is 14.8. The average Bonchev–Trinajstić information content (AvgIpc) is 3.09. The van der Waals surface area contributed by atoms with Crippen LogP contribution in [0, 0.1) is 0 Å². The molecule has 50 heavy (non-hydrogen) atoms. The summed E-state index contributed by atoms with van der Waals surface area (Å²) in [6.45, 7) is 16.3. The Labute approximate surface area is 303 Å². The fourth-order valence-electron chi connectivity index (χ4n) is 4.64. The van der Waals surface area contributed by atoms with Crippen LogP contribution >= 0.6 is 7.82 Å². The number of unbranched alkanes of at least 4 members (excludes halogenated alkanes) is 12. The lowest BCUT2D eigenvalue weighted by atomic mass is 10.1. The van der Waals surface area contributed by atoms with Crippen LogP contribution in [-0.4, -0.2) is 36.8 Å². The van der Waals surface area contributed by atoms with Gasteiger partial charge >= 0.3 is 25.7 Å². The monoisotopic (exact) mass is 728 g/mol. The fraction of sp³-hybridized carbons (Fsp3) is 0.769. The number of carbonyl (C=O) groups is 3. The Hall–Kier alpha value is -2.26. The summed E-state index contributed by atoms with van der Waals surface area (Å²) < 4.78 is 50.0. The van der Waals surface area contributed by atoms with Crippen LogP contribution < -0.4 is 0 Å². The molecule has 3 unspecified atom stereocenters. The molecule has 0 amide bonds. The van der Waals surface area contributed by atoms with E-state index in [0.29, 0.717) is 36.0 Å². The first kappa shape index (κ1) is 47.7. The Bertz CT molecular complexity index is 963. The van der Waals surface area contributed by atoms with Crippen molar-refractivity contribution in [2.24, 2.45) is 0 Å². The molecule has 0 aliphatic rings. The molecule has 0 N–H and O–H groups in total. The molecule has 10 nitrogen and oxygen atoms in total. The molecule has 0 aromatic carbocycles. The lowest BCUT2D eigenvalue weighted by molar-refractivity contribution is -0.181. The van der Waals surface area contributed by atoms with Crippen LogP contribution in [0.3, 0.4) is 0 Å². The number of carbonyl (C=O) groups excluding carboxylic acids is 3. The summed E-state index contributed by atoms with van der Waals surface area (Å²) in [5.74, 6) is -1.91. The van der Waals surface area contributed by atoms with Gasteiger partial charge < -0.3 is 14.2 Å². The summed E-state index contributed by atoms with van der Waals surface area (Å²) >= 11 is 0. The zero-order chi connectivity index (χ0) is 37.8. The van der Waals surface area contributed by atoms with Gasteiger partial charge in [0.15, 0.2) is 0 Å². The third kappa shape index (κ3) is 22.5. The van der Waals surface area contributed by atoms with Crippen LogP contribution in [0.4, 0.5) is 0 Å². The van der Waals surface area contributed by atoms with Gasteiger partial charge in [0.2, 0.25) is 18.9 Å². The molecule has 0 bridgehead atoms. The lowest BCUT2D eigenvalue weighted by Crippen LogP contribution is -2.29. The normalized spacial score (nSPS) is 15.6. The molecule has 0 fully saturated rings. The first-order chi connectivity index (χ1) is 23.9. The third-order valence-corrected chi connectivity index (χ3v) is 9.83. The van der Waals surface area contributed by atoms with Crippen LogP contribution in [0.2, 0.25) is 0 Å². The highest BCUT2D eigenvalue weighted by Gasteiger charge is 2.40. The first-order valence-electron chi connectivity index (χ1n) is 19.1. The van der Waals surface area contributed by atoms with E-state index in [-0.39, 0.29) is 19.3 Å². The quantitative estimate of drug-likeness (QED) is 0.0176. The van der Waals surface area contributed by atoms with Crippen LogP contribution in [-0.2, 0) is 46.7 Å². The van der Waals surface area contributed by atoms with Crippen molar-refractivity contribution < 1.29 is 46.7 Å². The second-order valence-electron chi connectivity index (χ2n) is 12.8. The molecule has 0 heterocycles. The van der Waals surface area contributed by atoms with E-state index in [2.05, 4.69) is 20.8 Å². The Kier molecular flexibility index (Phi) is 28.0. The molecular formula is C39H69O10P. The van der Waals surface area contributed by atoms with E-state index in [1.165, 1.54) is 0 Å². The van der Waals surface area contributed by atoms with E-state index < -0.39 is 44.6 Å². The van der Waals surface area contributed by atoms with Crippen LogP contribution in [0.1, 0.15) is 178 Å². The number of rotatable bonds is 30. The van der Waals surface area contributed by atoms with Crippen LogP contribution in [0.15, 0.2) is 34.9 Å². The molecule has 0 aromatic heterocycles. The van der Waals surface area contributed by atoms with Crippen molar-refractivity contribution in [3.05, 3.63) is 34.9 Å². The molecule has 0 rings (SSSR count). The molecule has 290 valence electrons. The highest BCUT2D eigenvalue weighted by Crippen LogP contribution is 2.54. The van der Waals surface area contributed by atoms with Crippen molar-refractivity contribution in [3.63, 3.8) is 0 Å². The predicted molar refractivity (Wildman–Crippen MR) is 199 cm³/mol. The van der Waals surface area contributed by atoms with Crippen molar-refractivity contribution in [1.29, 1.82) is 0 Å². The highest BCUT2D eigenvalue weighted by molar-refractivity contribution is 7.48. The average molecular weight is 729 g/mol. The van der Waals surface area contributed by atoms with E-state index in [9.17, 15) is 18.9 Å². The second-order valence-corrected chi connectivity index (χ2v) is 14.3. The molecule has 0 saturated heterocycles. The summed E-state index contributed by atoms with van der Waals surface area (Å²) in [5.41, 5.74) is 1.05. The summed E-state index contributed by atoms with van der Waals surface area (Å²) in [4.78, 5) is 38.8. The Morgan fingerprint density at radius 1 is 0.460 bits per heavy atom. The van der Waals surface area contributed by atoms with Crippen molar-refractivity contribution in [2.45, 2.75) is 197 Å². The van der Waals surface area contributed by atoms with E-state index >= 15 is 0 Å². The Balaban J connectivity index is 6.72. The van der Waals surface area contributed by atoms with Gasteiger partial charge in [0.25, 0.3) is 0 Å². The Morgan fingerprint density at radius 3 is 0.920 bits per heavy atom. The van der Waals surface area contributed by atoms with Gasteiger partial charge in [-0.2, -0.15) is 0 Å². The number of hydrogen-bond donors (Lipinski definition) is 0. The van der Waals surface area contributed by atoms with Gasteiger partial charge in [-0.3, -0.25) is 0 Å². The number of allylic oxidation sites excluding steroid dienone is 3. The van der Waals surface area contributed by atoms with Crippen molar-refractivity contribution in [2.75, 3.05) is 0 Å². The van der Waals surface area contributed by atoms with Gasteiger partial charge in [-0.15, -0.1) is 0 Å². The number of hydrogen-bond acceptors (Lipinski definition) is 10. The first-order valence-corrected chi connectivity index (χ1v) is 20.5. The minimum absolute atomic E-state index is 0.224. The smallest absolute Gasteiger partial charge is 0.432 e.